The molecule has 0 amide bonds. The molecule has 0 spiro atoms. The van der Waals surface area contributed by atoms with Crippen molar-refractivity contribution in [3.63, 3.8) is 0 Å². The molecule has 0 bridgehead atoms. The van der Waals surface area contributed by atoms with E-state index in [1.165, 1.54) is 6.92 Å². The third-order valence-electron chi connectivity index (χ3n) is 2.59. The van der Waals surface area contributed by atoms with Crippen LogP contribution >= 0.6 is 0 Å². The first-order chi connectivity index (χ1) is 7.01. The average molecular weight is 261 g/mol. The predicted molar refractivity (Wildman–Crippen MR) is 46.9 cm³/mol. The maximum absolute atomic E-state index is 12.2. The Kier molecular flexibility index (Phi) is 2.97. The van der Waals surface area contributed by atoms with Crippen molar-refractivity contribution in [1.29, 1.82) is 0 Å². The Bertz CT molecular complexity index is 404. The van der Waals surface area contributed by atoms with E-state index in [1.807, 2.05) is 0 Å². The van der Waals surface area contributed by atoms with Crippen molar-refractivity contribution in [2.45, 2.75) is 18.9 Å². The Morgan fingerprint density at radius 2 is 1.94 bits per heavy atom. The number of nitrogens with zero attached hydrogens (tertiary/aromatic N) is 1. The Hall–Kier alpha value is -0.830. The molecule has 1 rings (SSSR count). The van der Waals surface area contributed by atoms with Crippen molar-refractivity contribution >= 4 is 16.0 Å². The lowest BCUT2D eigenvalue weighted by Crippen LogP contribution is -2.41. The summed E-state index contributed by atoms with van der Waals surface area (Å²) >= 11 is 0. The Morgan fingerprint density at radius 3 is 2.25 bits per heavy atom. The Morgan fingerprint density at radius 1 is 1.44 bits per heavy atom. The summed E-state index contributed by atoms with van der Waals surface area (Å²) in [5, 5.41) is 8.76. The number of aliphatic carboxylic acids is 1. The van der Waals surface area contributed by atoms with Crippen LogP contribution in [0.2, 0.25) is 0 Å². The van der Waals surface area contributed by atoms with Gasteiger partial charge in [0.2, 0.25) is 0 Å². The second kappa shape index (κ2) is 3.59. The maximum atomic E-state index is 12.2. The fourth-order valence-corrected chi connectivity index (χ4v) is 2.52. The third-order valence-corrected chi connectivity index (χ3v) is 4.16. The van der Waals surface area contributed by atoms with E-state index in [9.17, 15) is 26.4 Å². The van der Waals surface area contributed by atoms with Crippen LogP contribution in [-0.2, 0) is 14.8 Å². The highest BCUT2D eigenvalue weighted by Gasteiger charge is 2.54. The maximum Gasteiger partial charge on any atom is 0.511 e. The number of sulfonamides is 1. The number of hydrogen-bond acceptors (Lipinski definition) is 3. The first kappa shape index (κ1) is 13.2. The molecule has 0 aromatic carbocycles. The fraction of sp³-hybridized carbons (Fsp3) is 0.857. The van der Waals surface area contributed by atoms with Crippen LogP contribution in [0.1, 0.15) is 13.3 Å². The molecule has 1 aliphatic heterocycles. The minimum Gasteiger partial charge on any atom is -0.481 e. The summed E-state index contributed by atoms with van der Waals surface area (Å²) < 4.78 is 58.6. The van der Waals surface area contributed by atoms with E-state index in [0.717, 1.165) is 0 Å². The van der Waals surface area contributed by atoms with Crippen LogP contribution in [0.15, 0.2) is 0 Å². The van der Waals surface area contributed by atoms with Gasteiger partial charge in [0.1, 0.15) is 0 Å². The van der Waals surface area contributed by atoms with Crippen molar-refractivity contribution in [3.05, 3.63) is 0 Å². The third kappa shape index (κ3) is 2.01. The second-order valence-electron chi connectivity index (χ2n) is 3.90. The normalized spacial score (nSPS) is 28.2. The van der Waals surface area contributed by atoms with Gasteiger partial charge in [-0.05, 0) is 13.3 Å². The van der Waals surface area contributed by atoms with E-state index in [2.05, 4.69) is 0 Å². The second-order valence-corrected chi connectivity index (χ2v) is 5.83. The van der Waals surface area contributed by atoms with Gasteiger partial charge in [0.15, 0.2) is 0 Å². The molecule has 1 aliphatic rings. The largest absolute Gasteiger partial charge is 0.511 e. The first-order valence-corrected chi connectivity index (χ1v) is 5.74. The summed E-state index contributed by atoms with van der Waals surface area (Å²) in [6.07, 6.45) is -0.127. The molecule has 94 valence electrons. The van der Waals surface area contributed by atoms with Crippen LogP contribution in [0.25, 0.3) is 0 Å². The summed E-state index contributed by atoms with van der Waals surface area (Å²) in [4.78, 5) is 10.7. The van der Waals surface area contributed by atoms with E-state index in [0.29, 0.717) is 0 Å². The van der Waals surface area contributed by atoms with Crippen LogP contribution in [0.5, 0.6) is 0 Å². The summed E-state index contributed by atoms with van der Waals surface area (Å²) in [7, 11) is -5.41. The van der Waals surface area contributed by atoms with Gasteiger partial charge in [-0.25, -0.2) is 8.42 Å². The van der Waals surface area contributed by atoms with Gasteiger partial charge in [0.25, 0.3) is 0 Å². The molecule has 1 fully saturated rings. The molecule has 16 heavy (non-hydrogen) atoms. The van der Waals surface area contributed by atoms with Gasteiger partial charge in [-0.15, -0.1) is 0 Å². The topological polar surface area (TPSA) is 74.7 Å². The van der Waals surface area contributed by atoms with Gasteiger partial charge >= 0.3 is 21.5 Å². The fourth-order valence-electron chi connectivity index (χ4n) is 1.44. The van der Waals surface area contributed by atoms with E-state index in [-0.39, 0.29) is 10.7 Å². The Balaban J connectivity index is 2.95. The number of carboxylic acids is 1. The van der Waals surface area contributed by atoms with E-state index >= 15 is 0 Å². The average Bonchev–Trinajstić information content (AvgIpc) is 2.47. The molecule has 1 unspecified atom stereocenters. The molecule has 1 atom stereocenters. The van der Waals surface area contributed by atoms with Gasteiger partial charge in [0, 0.05) is 13.1 Å². The highest BCUT2D eigenvalue weighted by Crippen LogP contribution is 2.36. The smallest absolute Gasteiger partial charge is 0.481 e. The summed E-state index contributed by atoms with van der Waals surface area (Å²) in [6.45, 7) is 0.149. The number of carboxylic acid groups (broad SMARTS) is 1. The summed E-state index contributed by atoms with van der Waals surface area (Å²) in [5.41, 5.74) is -6.82. The number of alkyl halides is 3. The molecule has 0 aromatic heterocycles. The van der Waals surface area contributed by atoms with Crippen molar-refractivity contribution in [1.82, 2.24) is 4.31 Å². The van der Waals surface area contributed by atoms with Crippen LogP contribution < -0.4 is 0 Å². The Labute approximate surface area is 89.9 Å². The first-order valence-electron chi connectivity index (χ1n) is 4.30. The zero-order valence-corrected chi connectivity index (χ0v) is 9.10. The van der Waals surface area contributed by atoms with Crippen LogP contribution in [-0.4, -0.2) is 42.4 Å². The summed E-state index contributed by atoms with van der Waals surface area (Å²) in [6, 6.07) is 0. The summed E-state index contributed by atoms with van der Waals surface area (Å²) in [5.74, 6) is -1.30. The minimum atomic E-state index is -5.41. The zero-order chi connectivity index (χ0) is 12.8. The number of carbonyl (C=O) groups is 1. The van der Waals surface area contributed by atoms with Gasteiger partial charge in [-0.3, -0.25) is 4.79 Å². The SMILES string of the molecule is CC1(C(=O)O)CCN(S(=O)(=O)C(F)(F)F)C1. The van der Waals surface area contributed by atoms with Crippen molar-refractivity contribution in [3.8, 4) is 0 Å². The monoisotopic (exact) mass is 261 g/mol. The highest BCUT2D eigenvalue weighted by molar-refractivity contribution is 7.90. The predicted octanol–water partition coefficient (Wildman–Crippen LogP) is 0.633. The van der Waals surface area contributed by atoms with Gasteiger partial charge in [-0.1, -0.05) is 0 Å². The van der Waals surface area contributed by atoms with Crippen LogP contribution in [0.3, 0.4) is 0 Å². The van der Waals surface area contributed by atoms with Gasteiger partial charge in [-0.2, -0.15) is 17.5 Å². The van der Waals surface area contributed by atoms with Crippen molar-refractivity contribution < 1.29 is 31.5 Å². The lowest BCUT2D eigenvalue weighted by Gasteiger charge is -2.20. The van der Waals surface area contributed by atoms with Gasteiger partial charge < -0.3 is 5.11 Å². The molecule has 9 heteroatoms. The molecule has 1 saturated heterocycles. The van der Waals surface area contributed by atoms with Crippen molar-refractivity contribution in [2.24, 2.45) is 5.41 Å². The molecule has 0 aliphatic carbocycles. The zero-order valence-electron chi connectivity index (χ0n) is 8.28. The molecular weight excluding hydrogens is 251 g/mol. The number of hydrogen-bond donors (Lipinski definition) is 1. The standard InChI is InChI=1S/C7H10F3NO4S/c1-6(5(12)13)2-3-11(4-6)16(14,15)7(8,9)10/h2-4H2,1H3,(H,12,13). The molecule has 1 N–H and O–H groups in total. The lowest BCUT2D eigenvalue weighted by molar-refractivity contribution is -0.147. The van der Waals surface area contributed by atoms with E-state index in [4.69, 9.17) is 5.11 Å². The van der Waals surface area contributed by atoms with E-state index < -0.39 is 40.0 Å². The molecular formula is C7H10F3NO4S. The van der Waals surface area contributed by atoms with Crippen LogP contribution in [0.4, 0.5) is 13.2 Å². The highest BCUT2D eigenvalue weighted by atomic mass is 32.2. The van der Waals surface area contributed by atoms with Gasteiger partial charge in [0.05, 0.1) is 5.41 Å². The minimum absolute atomic E-state index is 0.127. The van der Waals surface area contributed by atoms with Crippen molar-refractivity contribution in [2.75, 3.05) is 13.1 Å². The number of rotatable bonds is 2. The molecule has 5 nitrogen and oxygen atoms in total. The molecule has 0 radical (unpaired) electrons. The number of halogens is 3. The molecule has 0 aromatic rings. The quantitative estimate of drug-likeness (QED) is 0.791. The van der Waals surface area contributed by atoms with E-state index in [1.54, 1.807) is 0 Å². The van der Waals surface area contributed by atoms with Crippen LogP contribution in [0, 0.1) is 5.41 Å². The molecule has 1 heterocycles. The molecule has 0 saturated carbocycles. The lowest BCUT2D eigenvalue weighted by atomic mass is 9.90.